The number of hydrogen-bond acceptors (Lipinski definition) is 14. The molecule has 18 heteroatoms. The number of imide groups is 2. The third-order valence-corrected chi connectivity index (χ3v) is 7.21. The van der Waals surface area contributed by atoms with E-state index in [4.69, 9.17) is 37.9 Å². The van der Waals surface area contributed by atoms with Gasteiger partial charge < -0.3 is 48.5 Å². The van der Waals surface area contributed by atoms with E-state index in [-0.39, 0.29) is 48.8 Å². The van der Waals surface area contributed by atoms with Crippen LogP contribution in [0.5, 0.6) is 5.75 Å². The van der Waals surface area contributed by atoms with Crippen molar-refractivity contribution in [1.29, 1.82) is 0 Å². The molecule has 3 N–H and O–H groups in total. The number of carbonyl (C=O) groups is 6. The quantitative estimate of drug-likeness (QED) is 0.0687. The van der Waals surface area contributed by atoms with Crippen molar-refractivity contribution in [2.24, 2.45) is 0 Å². The van der Waals surface area contributed by atoms with Crippen molar-refractivity contribution in [3.05, 3.63) is 29.3 Å². The number of benzene rings is 1. The van der Waals surface area contributed by atoms with E-state index in [2.05, 4.69) is 16.0 Å². The monoisotopic (exact) mass is 724 g/mol. The summed E-state index contributed by atoms with van der Waals surface area (Å²) < 4.78 is 43.4. The standard InChI is InChI=1S/C33H48N4O14/c1-24(38)34-7-9-44-11-13-46-15-17-48-19-21-50-22-20-49-18-16-47-14-12-45-10-8-35-29(40)23-51-27-4-2-3-25-30(27)33(43)37(32(25)42)26-5-6-28(39)36-31(26)41/h2-4,26H,5-23H2,1H3,(H,34,38)(H,35,40)(H,36,39,41). The molecule has 2 aliphatic rings. The summed E-state index contributed by atoms with van der Waals surface area (Å²) in [5, 5.41) is 7.43. The Morgan fingerprint density at radius 3 is 1.69 bits per heavy atom. The summed E-state index contributed by atoms with van der Waals surface area (Å²) in [4.78, 5) is 73.6. The lowest BCUT2D eigenvalue weighted by molar-refractivity contribution is -0.136. The second kappa shape index (κ2) is 24.2. The first-order chi connectivity index (χ1) is 24.8. The Balaban J connectivity index is 1.09. The zero-order valence-electron chi connectivity index (χ0n) is 28.9. The van der Waals surface area contributed by atoms with E-state index >= 15 is 0 Å². The summed E-state index contributed by atoms with van der Waals surface area (Å²) in [7, 11) is 0. The molecule has 0 radical (unpaired) electrons. The number of amides is 6. The molecule has 1 atom stereocenters. The molecule has 2 aliphatic heterocycles. The highest BCUT2D eigenvalue weighted by Gasteiger charge is 2.46. The van der Waals surface area contributed by atoms with Crippen LogP contribution in [0.2, 0.25) is 0 Å². The van der Waals surface area contributed by atoms with Gasteiger partial charge in [-0.2, -0.15) is 0 Å². The first kappa shape index (κ1) is 41.4. The molecule has 0 saturated carbocycles. The van der Waals surface area contributed by atoms with Gasteiger partial charge in [-0.25, -0.2) is 0 Å². The lowest BCUT2D eigenvalue weighted by Crippen LogP contribution is -2.54. The van der Waals surface area contributed by atoms with Gasteiger partial charge in [-0.05, 0) is 18.6 Å². The Bertz CT molecular complexity index is 1300. The van der Waals surface area contributed by atoms with Gasteiger partial charge in [0.15, 0.2) is 6.61 Å². The molecular weight excluding hydrogens is 676 g/mol. The third-order valence-electron chi connectivity index (χ3n) is 7.21. The van der Waals surface area contributed by atoms with Crippen LogP contribution in [-0.4, -0.2) is 159 Å². The van der Waals surface area contributed by atoms with Gasteiger partial charge in [-0.15, -0.1) is 0 Å². The molecule has 0 bridgehead atoms. The van der Waals surface area contributed by atoms with E-state index in [0.717, 1.165) is 4.90 Å². The second-order valence-corrected chi connectivity index (χ2v) is 11.0. The SMILES string of the molecule is CC(=O)NCCOCCOCCOCCOCCOCCOCCOCCNC(=O)COc1cccc2c1C(=O)N(C1CCC(=O)NC1=O)C2=O. The van der Waals surface area contributed by atoms with Gasteiger partial charge in [-0.3, -0.25) is 39.0 Å². The largest absolute Gasteiger partial charge is 0.483 e. The maximum atomic E-state index is 13.1. The van der Waals surface area contributed by atoms with Crippen LogP contribution in [0, 0.1) is 0 Å². The average molecular weight is 725 g/mol. The number of rotatable bonds is 28. The second-order valence-electron chi connectivity index (χ2n) is 11.0. The Labute approximate surface area is 296 Å². The van der Waals surface area contributed by atoms with Crippen molar-refractivity contribution < 1.29 is 66.7 Å². The van der Waals surface area contributed by atoms with Crippen molar-refractivity contribution in [2.75, 3.05) is 112 Å². The molecule has 6 amide bonds. The molecule has 18 nitrogen and oxygen atoms in total. The highest BCUT2D eigenvalue weighted by atomic mass is 16.6. The minimum absolute atomic E-state index is 0.0104. The van der Waals surface area contributed by atoms with Crippen LogP contribution in [0.15, 0.2) is 18.2 Å². The Hall–Kier alpha value is -4.04. The number of nitrogens with one attached hydrogen (secondary N) is 3. The predicted octanol–water partition coefficient (Wildman–Crippen LogP) is -1.16. The number of hydrogen-bond donors (Lipinski definition) is 3. The minimum Gasteiger partial charge on any atom is -0.483 e. The number of piperidine rings is 1. The zero-order chi connectivity index (χ0) is 36.7. The fraction of sp³-hybridized carbons (Fsp3) is 0.636. The molecular formula is C33H48N4O14. The molecule has 284 valence electrons. The first-order valence-electron chi connectivity index (χ1n) is 16.8. The van der Waals surface area contributed by atoms with E-state index in [1.54, 1.807) is 0 Å². The van der Waals surface area contributed by atoms with Crippen molar-refractivity contribution in [3.8, 4) is 5.75 Å². The van der Waals surface area contributed by atoms with Crippen LogP contribution in [0.3, 0.4) is 0 Å². The number of fused-ring (bicyclic) bond motifs is 1. The summed E-state index contributed by atoms with van der Waals surface area (Å²) in [5.74, 6) is -3.05. The zero-order valence-corrected chi connectivity index (χ0v) is 28.9. The van der Waals surface area contributed by atoms with Crippen molar-refractivity contribution in [2.45, 2.75) is 25.8 Å². The van der Waals surface area contributed by atoms with Crippen molar-refractivity contribution >= 4 is 35.4 Å². The predicted molar refractivity (Wildman–Crippen MR) is 176 cm³/mol. The summed E-state index contributed by atoms with van der Waals surface area (Å²) in [6, 6.07) is 3.32. The molecule has 0 aromatic heterocycles. The van der Waals surface area contributed by atoms with Crippen LogP contribution in [0.25, 0.3) is 0 Å². The van der Waals surface area contributed by atoms with Gasteiger partial charge in [-0.1, -0.05) is 6.07 Å². The van der Waals surface area contributed by atoms with Gasteiger partial charge in [0, 0.05) is 26.4 Å². The fourth-order valence-corrected chi connectivity index (χ4v) is 4.78. The summed E-state index contributed by atoms with van der Waals surface area (Å²) >= 11 is 0. The Morgan fingerprint density at radius 1 is 0.706 bits per heavy atom. The Morgan fingerprint density at radius 2 is 1.20 bits per heavy atom. The molecule has 1 aromatic carbocycles. The Kier molecular flexibility index (Phi) is 19.6. The van der Waals surface area contributed by atoms with Crippen LogP contribution >= 0.6 is 0 Å². The molecule has 0 aliphatic carbocycles. The van der Waals surface area contributed by atoms with Crippen molar-refractivity contribution in [3.63, 3.8) is 0 Å². The highest BCUT2D eigenvalue weighted by molar-refractivity contribution is 6.24. The fourth-order valence-electron chi connectivity index (χ4n) is 4.78. The van der Waals surface area contributed by atoms with Crippen LogP contribution in [0.4, 0.5) is 0 Å². The molecule has 51 heavy (non-hydrogen) atoms. The molecule has 1 fully saturated rings. The lowest BCUT2D eigenvalue weighted by atomic mass is 10.0. The summed E-state index contributed by atoms with van der Waals surface area (Å²) in [6.45, 7) is 7.51. The summed E-state index contributed by atoms with van der Waals surface area (Å²) in [6.07, 6.45) is 0.0458. The van der Waals surface area contributed by atoms with Crippen LogP contribution < -0.4 is 20.7 Å². The van der Waals surface area contributed by atoms with E-state index < -0.39 is 42.2 Å². The third kappa shape index (κ3) is 15.4. The van der Waals surface area contributed by atoms with E-state index in [1.165, 1.54) is 25.1 Å². The molecule has 2 heterocycles. The van der Waals surface area contributed by atoms with Crippen molar-refractivity contribution in [1.82, 2.24) is 20.9 Å². The molecule has 0 spiro atoms. The first-order valence-corrected chi connectivity index (χ1v) is 16.8. The van der Waals surface area contributed by atoms with E-state index in [1.807, 2.05) is 0 Å². The topological polar surface area (TPSA) is 216 Å². The van der Waals surface area contributed by atoms with Gasteiger partial charge >= 0.3 is 0 Å². The number of nitrogens with zero attached hydrogens (tertiary/aromatic N) is 1. The molecule has 3 rings (SSSR count). The maximum absolute atomic E-state index is 13.1. The minimum atomic E-state index is -1.10. The van der Waals surface area contributed by atoms with Crippen LogP contribution in [0.1, 0.15) is 40.5 Å². The smallest absolute Gasteiger partial charge is 0.266 e. The molecule has 1 aromatic rings. The van der Waals surface area contributed by atoms with Gasteiger partial charge in [0.2, 0.25) is 17.7 Å². The van der Waals surface area contributed by atoms with Crippen LogP contribution in [-0.2, 0) is 52.3 Å². The highest BCUT2D eigenvalue weighted by Crippen LogP contribution is 2.33. The normalized spacial score (nSPS) is 15.5. The lowest BCUT2D eigenvalue weighted by Gasteiger charge is -2.27. The maximum Gasteiger partial charge on any atom is 0.266 e. The summed E-state index contributed by atoms with van der Waals surface area (Å²) in [5.41, 5.74) is 0.0326. The van der Waals surface area contributed by atoms with Gasteiger partial charge in [0.05, 0.1) is 104 Å². The number of carbonyl (C=O) groups excluding carboxylic acids is 6. The van der Waals surface area contributed by atoms with Gasteiger partial charge in [0.25, 0.3) is 17.7 Å². The van der Waals surface area contributed by atoms with E-state index in [9.17, 15) is 28.8 Å². The van der Waals surface area contributed by atoms with E-state index in [0.29, 0.717) is 92.4 Å². The van der Waals surface area contributed by atoms with Gasteiger partial charge in [0.1, 0.15) is 11.8 Å². The molecule has 1 unspecified atom stereocenters. The number of ether oxygens (including phenoxy) is 8. The average Bonchev–Trinajstić information content (AvgIpc) is 3.36. The molecule has 1 saturated heterocycles.